The van der Waals surface area contributed by atoms with Crippen molar-refractivity contribution in [3.63, 3.8) is 0 Å². The largest absolute Gasteiger partial charge is 0.477 e. The molecule has 0 N–H and O–H groups in total. The van der Waals surface area contributed by atoms with Crippen molar-refractivity contribution in [3.8, 4) is 11.8 Å². The van der Waals surface area contributed by atoms with Crippen molar-refractivity contribution in [1.29, 1.82) is 0 Å². The number of aromatic nitrogens is 2. The highest BCUT2D eigenvalue weighted by Gasteiger charge is 2.37. The number of nitrogens with zero attached hydrogens (tertiary/aromatic N) is 4. The minimum Gasteiger partial charge on any atom is -0.477 e. The van der Waals surface area contributed by atoms with E-state index in [-0.39, 0.29) is 29.7 Å². The molecule has 10 nitrogen and oxygen atoms in total. The maximum atomic E-state index is 12.8. The first-order chi connectivity index (χ1) is 12.4. The molecule has 1 aliphatic rings. The summed E-state index contributed by atoms with van der Waals surface area (Å²) in [6, 6.07) is 5.27. The third-order valence-electron chi connectivity index (χ3n) is 3.89. The lowest BCUT2D eigenvalue weighted by molar-refractivity contribution is -0.387. The Balaban J connectivity index is 1.79. The first-order valence-electron chi connectivity index (χ1n) is 7.68. The summed E-state index contributed by atoms with van der Waals surface area (Å²) in [6.45, 7) is 0.232. The molecule has 2 heterocycles. The average Bonchev–Trinajstić information content (AvgIpc) is 3.11. The zero-order chi connectivity index (χ0) is 18.7. The van der Waals surface area contributed by atoms with E-state index in [4.69, 9.17) is 9.47 Å². The van der Waals surface area contributed by atoms with Crippen LogP contribution >= 0.6 is 0 Å². The molecule has 138 valence electrons. The predicted molar refractivity (Wildman–Crippen MR) is 89.5 cm³/mol. The van der Waals surface area contributed by atoms with E-state index in [0.29, 0.717) is 6.42 Å². The van der Waals surface area contributed by atoms with Gasteiger partial charge in [0.2, 0.25) is 10.0 Å². The summed E-state index contributed by atoms with van der Waals surface area (Å²) in [5.74, 6) is 0.373. The molecular formula is C15H16N4O6S. The maximum Gasteiger partial charge on any atom is 0.289 e. The average molecular weight is 380 g/mol. The third-order valence-corrected chi connectivity index (χ3v) is 5.80. The van der Waals surface area contributed by atoms with E-state index in [1.54, 1.807) is 0 Å². The monoisotopic (exact) mass is 380 g/mol. The van der Waals surface area contributed by atoms with Crippen molar-refractivity contribution in [2.75, 3.05) is 20.2 Å². The van der Waals surface area contributed by atoms with E-state index in [1.165, 1.54) is 48.1 Å². The van der Waals surface area contributed by atoms with E-state index in [2.05, 4.69) is 9.97 Å². The molecule has 1 aromatic heterocycles. The smallest absolute Gasteiger partial charge is 0.289 e. The highest BCUT2D eigenvalue weighted by atomic mass is 32.2. The summed E-state index contributed by atoms with van der Waals surface area (Å²) in [4.78, 5) is 18.1. The van der Waals surface area contributed by atoms with Gasteiger partial charge >= 0.3 is 0 Å². The first kappa shape index (κ1) is 18.0. The second-order valence-corrected chi connectivity index (χ2v) is 7.39. The van der Waals surface area contributed by atoms with Crippen LogP contribution in [0.5, 0.6) is 11.8 Å². The molecule has 0 bridgehead atoms. The quantitative estimate of drug-likeness (QED) is 0.541. The third kappa shape index (κ3) is 3.44. The number of sulfonamides is 1. The van der Waals surface area contributed by atoms with Crippen LogP contribution in [-0.4, -0.2) is 53.9 Å². The van der Waals surface area contributed by atoms with Crippen LogP contribution in [0.25, 0.3) is 0 Å². The lowest BCUT2D eigenvalue weighted by atomic mass is 10.3. The van der Waals surface area contributed by atoms with Crippen LogP contribution in [0.3, 0.4) is 0 Å². The van der Waals surface area contributed by atoms with Gasteiger partial charge < -0.3 is 9.47 Å². The van der Waals surface area contributed by atoms with E-state index in [1.807, 2.05) is 0 Å². The number of nitro benzene ring substituents is 1. The second-order valence-electron chi connectivity index (χ2n) is 5.49. The van der Waals surface area contributed by atoms with Crippen LogP contribution in [0.2, 0.25) is 0 Å². The molecule has 26 heavy (non-hydrogen) atoms. The Bertz CT molecular complexity index is 920. The molecule has 1 saturated heterocycles. The molecule has 1 aliphatic heterocycles. The minimum atomic E-state index is -4.01. The van der Waals surface area contributed by atoms with Crippen LogP contribution in [-0.2, 0) is 10.0 Å². The van der Waals surface area contributed by atoms with Crippen LogP contribution in [0, 0.1) is 10.1 Å². The molecule has 0 radical (unpaired) electrons. The number of rotatable bonds is 6. The summed E-state index contributed by atoms with van der Waals surface area (Å²) in [7, 11) is -2.58. The molecule has 1 aromatic carbocycles. The van der Waals surface area contributed by atoms with E-state index < -0.39 is 26.7 Å². The topological polar surface area (TPSA) is 125 Å². The van der Waals surface area contributed by atoms with Gasteiger partial charge in [0.15, 0.2) is 4.90 Å². The van der Waals surface area contributed by atoms with E-state index >= 15 is 0 Å². The van der Waals surface area contributed by atoms with Gasteiger partial charge in [-0.15, -0.1) is 0 Å². The highest BCUT2D eigenvalue weighted by molar-refractivity contribution is 7.89. The predicted octanol–water partition coefficient (Wildman–Crippen LogP) is 1.24. The standard InChI is InChI=1S/C15H16N4O6S/c1-24-14-15(17-8-7-16-14)25-11-6-9-18(10-11)26(22,23)13-5-3-2-4-12(13)19(20)21/h2-5,7-8,11H,6,9-10H2,1H3. The van der Waals surface area contributed by atoms with Crippen LogP contribution in [0.15, 0.2) is 41.6 Å². The zero-order valence-corrected chi connectivity index (χ0v) is 14.6. The molecule has 1 unspecified atom stereocenters. The molecule has 0 saturated carbocycles. The second kappa shape index (κ2) is 7.22. The van der Waals surface area contributed by atoms with Crippen molar-refractivity contribution in [2.45, 2.75) is 17.4 Å². The number of hydrogen-bond donors (Lipinski definition) is 0. The van der Waals surface area contributed by atoms with Crippen LogP contribution < -0.4 is 9.47 Å². The summed E-state index contributed by atoms with van der Waals surface area (Å²) >= 11 is 0. The molecule has 2 aromatic rings. The van der Waals surface area contributed by atoms with Crippen molar-refractivity contribution in [2.24, 2.45) is 0 Å². The van der Waals surface area contributed by atoms with Gasteiger partial charge in [-0.2, -0.15) is 4.31 Å². The van der Waals surface area contributed by atoms with Gasteiger partial charge in [0.25, 0.3) is 17.4 Å². The van der Waals surface area contributed by atoms with Gasteiger partial charge in [-0.25, -0.2) is 18.4 Å². The number of benzene rings is 1. The van der Waals surface area contributed by atoms with Crippen molar-refractivity contribution in [1.82, 2.24) is 14.3 Å². The van der Waals surface area contributed by atoms with Gasteiger partial charge in [0, 0.05) is 25.0 Å². The fraction of sp³-hybridized carbons (Fsp3) is 0.333. The van der Waals surface area contributed by atoms with Crippen LogP contribution in [0.4, 0.5) is 5.69 Å². The maximum absolute atomic E-state index is 12.8. The van der Waals surface area contributed by atoms with Gasteiger partial charge in [-0.3, -0.25) is 10.1 Å². The Hall–Kier alpha value is -2.79. The lowest BCUT2D eigenvalue weighted by Gasteiger charge is -2.17. The molecule has 0 amide bonds. The Morgan fingerprint density at radius 1 is 1.23 bits per heavy atom. The molecule has 11 heteroatoms. The number of methoxy groups -OCH3 is 1. The van der Waals surface area contributed by atoms with E-state index in [9.17, 15) is 18.5 Å². The van der Waals surface area contributed by atoms with Gasteiger partial charge in [0.05, 0.1) is 18.6 Å². The SMILES string of the molecule is COc1nccnc1OC1CCN(S(=O)(=O)c2ccccc2[N+](=O)[O-])C1. The zero-order valence-electron chi connectivity index (χ0n) is 13.8. The summed E-state index contributed by atoms with van der Waals surface area (Å²) in [5.41, 5.74) is -0.451. The Morgan fingerprint density at radius 3 is 2.62 bits per heavy atom. The minimum absolute atomic E-state index is 0.0497. The van der Waals surface area contributed by atoms with Gasteiger partial charge in [-0.05, 0) is 12.5 Å². The fourth-order valence-electron chi connectivity index (χ4n) is 2.67. The molecule has 3 rings (SSSR count). The number of ether oxygens (including phenoxy) is 2. The van der Waals surface area contributed by atoms with Gasteiger partial charge in [-0.1, -0.05) is 12.1 Å². The van der Waals surface area contributed by atoms with E-state index in [0.717, 1.165) is 0 Å². The Morgan fingerprint density at radius 2 is 1.92 bits per heavy atom. The number of hydrogen-bond acceptors (Lipinski definition) is 8. The lowest BCUT2D eigenvalue weighted by Crippen LogP contribution is -2.31. The molecule has 0 spiro atoms. The Labute approximate surface area is 149 Å². The Kier molecular flexibility index (Phi) is 5.00. The molecule has 0 aliphatic carbocycles. The number of nitro groups is 1. The fourth-order valence-corrected chi connectivity index (χ4v) is 4.31. The highest BCUT2D eigenvalue weighted by Crippen LogP contribution is 2.30. The molecule has 1 atom stereocenters. The van der Waals surface area contributed by atoms with Crippen LogP contribution in [0.1, 0.15) is 6.42 Å². The number of para-hydroxylation sites is 1. The van der Waals surface area contributed by atoms with Crippen molar-refractivity contribution in [3.05, 3.63) is 46.8 Å². The summed E-state index contributed by atoms with van der Waals surface area (Å²) in [5, 5.41) is 11.1. The van der Waals surface area contributed by atoms with Crippen molar-refractivity contribution < 1.29 is 22.8 Å². The first-order valence-corrected chi connectivity index (χ1v) is 9.12. The van der Waals surface area contributed by atoms with Crippen molar-refractivity contribution >= 4 is 15.7 Å². The van der Waals surface area contributed by atoms with Gasteiger partial charge in [0.1, 0.15) is 6.10 Å². The molecular weight excluding hydrogens is 364 g/mol. The summed E-state index contributed by atoms with van der Waals surface area (Å²) in [6.07, 6.45) is 2.85. The normalized spacial score (nSPS) is 17.8. The molecule has 1 fully saturated rings. The summed E-state index contributed by atoms with van der Waals surface area (Å²) < 4.78 is 37.5.